The standard InChI is InChI=1S/C60H114O6/c1-4-7-10-13-16-19-22-25-27-29-30-32-33-35-38-41-44-47-50-53-59(62)65-56-57(55-64-58(61)52-49-46-43-40-37-24-21-18-15-12-9-6-3)66-60(63)54-51-48-45-42-39-36-34-31-28-26-23-20-17-14-11-8-5-2/h26,28,57H,4-25,27,29-56H2,1-3H3/b28-26-/t57-/m0/s1. The normalized spacial score (nSPS) is 12.0. The highest BCUT2D eigenvalue weighted by molar-refractivity contribution is 5.71. The summed E-state index contributed by atoms with van der Waals surface area (Å²) in [5.41, 5.74) is 0. The Kier molecular flexibility index (Phi) is 54.2. The molecule has 0 unspecified atom stereocenters. The summed E-state index contributed by atoms with van der Waals surface area (Å²) >= 11 is 0. The number of carbonyl (C=O) groups is 3. The predicted molar refractivity (Wildman–Crippen MR) is 284 cm³/mol. The average molecular weight is 932 g/mol. The fourth-order valence-corrected chi connectivity index (χ4v) is 9.03. The molecule has 0 radical (unpaired) electrons. The highest BCUT2D eigenvalue weighted by Gasteiger charge is 2.19. The first-order valence-electron chi connectivity index (χ1n) is 29.7. The third-order valence-electron chi connectivity index (χ3n) is 13.5. The van der Waals surface area contributed by atoms with Gasteiger partial charge in [0.2, 0.25) is 0 Å². The molecule has 0 spiro atoms. The number of allylic oxidation sites excluding steroid dienone is 2. The van der Waals surface area contributed by atoms with Crippen LogP contribution in [0.25, 0.3) is 0 Å². The summed E-state index contributed by atoms with van der Waals surface area (Å²) < 4.78 is 16.9. The van der Waals surface area contributed by atoms with Gasteiger partial charge in [-0.25, -0.2) is 0 Å². The van der Waals surface area contributed by atoms with Crippen LogP contribution in [0.4, 0.5) is 0 Å². The van der Waals surface area contributed by atoms with Gasteiger partial charge in [-0.15, -0.1) is 0 Å². The minimum Gasteiger partial charge on any atom is -0.462 e. The summed E-state index contributed by atoms with van der Waals surface area (Å²) in [6.07, 6.45) is 63.5. The number of hydrogen-bond donors (Lipinski definition) is 0. The molecule has 0 rings (SSSR count). The van der Waals surface area contributed by atoms with E-state index in [1.54, 1.807) is 0 Å². The van der Waals surface area contributed by atoms with E-state index in [4.69, 9.17) is 14.2 Å². The third-order valence-corrected chi connectivity index (χ3v) is 13.5. The van der Waals surface area contributed by atoms with Crippen LogP contribution in [0.2, 0.25) is 0 Å². The molecule has 0 N–H and O–H groups in total. The highest BCUT2D eigenvalue weighted by Crippen LogP contribution is 2.17. The van der Waals surface area contributed by atoms with Gasteiger partial charge in [-0.3, -0.25) is 14.4 Å². The number of ether oxygens (including phenoxy) is 3. The Hall–Kier alpha value is -1.85. The number of unbranched alkanes of at least 4 members (excludes halogenated alkanes) is 42. The molecule has 0 amide bonds. The zero-order valence-electron chi connectivity index (χ0n) is 44.7. The van der Waals surface area contributed by atoms with E-state index in [1.165, 1.54) is 238 Å². The summed E-state index contributed by atoms with van der Waals surface area (Å²) in [6, 6.07) is 0. The van der Waals surface area contributed by atoms with E-state index in [0.717, 1.165) is 57.8 Å². The smallest absolute Gasteiger partial charge is 0.306 e. The van der Waals surface area contributed by atoms with Crippen LogP contribution in [0.15, 0.2) is 12.2 Å². The number of carbonyl (C=O) groups excluding carboxylic acids is 3. The third kappa shape index (κ3) is 53.1. The molecule has 0 aliphatic carbocycles. The topological polar surface area (TPSA) is 78.9 Å². The Morgan fingerprint density at radius 3 is 0.758 bits per heavy atom. The maximum absolute atomic E-state index is 12.9. The molecule has 6 nitrogen and oxygen atoms in total. The molecule has 1 atom stereocenters. The molecule has 0 bridgehead atoms. The molecule has 0 aliphatic heterocycles. The Morgan fingerprint density at radius 1 is 0.288 bits per heavy atom. The van der Waals surface area contributed by atoms with Gasteiger partial charge in [-0.05, 0) is 44.9 Å². The van der Waals surface area contributed by atoms with Crippen LogP contribution in [0.5, 0.6) is 0 Å². The fourth-order valence-electron chi connectivity index (χ4n) is 9.03. The lowest BCUT2D eigenvalue weighted by Crippen LogP contribution is -2.30. The summed E-state index contributed by atoms with van der Waals surface area (Å²) in [7, 11) is 0. The van der Waals surface area contributed by atoms with Gasteiger partial charge < -0.3 is 14.2 Å². The lowest BCUT2D eigenvalue weighted by molar-refractivity contribution is -0.167. The van der Waals surface area contributed by atoms with Crippen LogP contribution in [0, 0.1) is 0 Å². The Labute approximate surface area is 411 Å². The summed E-state index contributed by atoms with van der Waals surface area (Å²) in [6.45, 7) is 6.69. The molecule has 0 saturated heterocycles. The average Bonchev–Trinajstić information content (AvgIpc) is 3.31. The minimum atomic E-state index is -0.766. The molecule has 0 aromatic heterocycles. The predicted octanol–water partition coefficient (Wildman–Crippen LogP) is 19.7. The van der Waals surface area contributed by atoms with Crippen LogP contribution in [0.3, 0.4) is 0 Å². The summed E-state index contributed by atoms with van der Waals surface area (Å²) in [5, 5.41) is 0. The van der Waals surface area contributed by atoms with Crippen molar-refractivity contribution in [2.24, 2.45) is 0 Å². The highest BCUT2D eigenvalue weighted by atomic mass is 16.6. The maximum atomic E-state index is 12.9. The largest absolute Gasteiger partial charge is 0.462 e. The van der Waals surface area contributed by atoms with E-state index in [-0.39, 0.29) is 31.1 Å². The molecule has 0 heterocycles. The molecule has 0 saturated carbocycles. The van der Waals surface area contributed by atoms with Crippen LogP contribution >= 0.6 is 0 Å². The fraction of sp³-hybridized carbons (Fsp3) is 0.917. The van der Waals surface area contributed by atoms with Crippen molar-refractivity contribution in [1.82, 2.24) is 0 Å². The van der Waals surface area contributed by atoms with E-state index < -0.39 is 6.10 Å². The second-order valence-electron chi connectivity index (χ2n) is 20.3. The Balaban J connectivity index is 4.28. The van der Waals surface area contributed by atoms with E-state index >= 15 is 0 Å². The molecule has 0 aromatic rings. The van der Waals surface area contributed by atoms with E-state index in [0.29, 0.717) is 19.3 Å². The van der Waals surface area contributed by atoms with Crippen molar-refractivity contribution >= 4 is 17.9 Å². The van der Waals surface area contributed by atoms with Crippen molar-refractivity contribution in [2.45, 2.75) is 341 Å². The van der Waals surface area contributed by atoms with Gasteiger partial charge in [0.15, 0.2) is 6.10 Å². The lowest BCUT2D eigenvalue weighted by Gasteiger charge is -2.18. The van der Waals surface area contributed by atoms with Gasteiger partial charge in [0, 0.05) is 19.3 Å². The van der Waals surface area contributed by atoms with Crippen LogP contribution in [-0.4, -0.2) is 37.2 Å². The lowest BCUT2D eigenvalue weighted by atomic mass is 10.0. The van der Waals surface area contributed by atoms with Crippen molar-refractivity contribution in [3.63, 3.8) is 0 Å². The van der Waals surface area contributed by atoms with Gasteiger partial charge in [-0.2, -0.15) is 0 Å². The van der Waals surface area contributed by atoms with Crippen molar-refractivity contribution < 1.29 is 28.6 Å². The van der Waals surface area contributed by atoms with Gasteiger partial charge >= 0.3 is 17.9 Å². The van der Waals surface area contributed by atoms with E-state index in [9.17, 15) is 14.4 Å². The Bertz CT molecular complexity index is 1020. The van der Waals surface area contributed by atoms with Crippen molar-refractivity contribution in [2.75, 3.05) is 13.2 Å². The number of esters is 3. The monoisotopic (exact) mass is 931 g/mol. The van der Waals surface area contributed by atoms with Crippen molar-refractivity contribution in [3.8, 4) is 0 Å². The van der Waals surface area contributed by atoms with Crippen LogP contribution in [-0.2, 0) is 28.6 Å². The first-order valence-corrected chi connectivity index (χ1v) is 29.7. The van der Waals surface area contributed by atoms with E-state index in [2.05, 4.69) is 32.9 Å². The van der Waals surface area contributed by atoms with Gasteiger partial charge in [-0.1, -0.05) is 283 Å². The van der Waals surface area contributed by atoms with Crippen molar-refractivity contribution in [1.29, 1.82) is 0 Å². The summed E-state index contributed by atoms with van der Waals surface area (Å²) in [5.74, 6) is -0.845. The second kappa shape index (κ2) is 55.7. The van der Waals surface area contributed by atoms with Gasteiger partial charge in [0.25, 0.3) is 0 Å². The molecular weight excluding hydrogens is 817 g/mol. The molecule has 0 fully saturated rings. The molecular formula is C60H114O6. The zero-order valence-corrected chi connectivity index (χ0v) is 44.7. The molecule has 390 valence electrons. The molecule has 66 heavy (non-hydrogen) atoms. The SMILES string of the molecule is CCCCCCCC/C=C\CCCCCCCCCC(=O)O[C@@H](COC(=O)CCCCCCCCCCCCCC)COC(=O)CCCCCCCCCCCCCCCCCCCCC. The number of rotatable bonds is 55. The maximum Gasteiger partial charge on any atom is 0.306 e. The molecule has 0 aliphatic rings. The minimum absolute atomic E-state index is 0.0657. The molecule has 0 aromatic carbocycles. The molecule has 6 heteroatoms. The quantitative estimate of drug-likeness (QED) is 0.0262. The second-order valence-corrected chi connectivity index (χ2v) is 20.3. The van der Waals surface area contributed by atoms with Crippen LogP contribution in [0.1, 0.15) is 335 Å². The summed E-state index contributed by atoms with van der Waals surface area (Å²) in [4.78, 5) is 38.1. The van der Waals surface area contributed by atoms with Gasteiger partial charge in [0.1, 0.15) is 13.2 Å². The van der Waals surface area contributed by atoms with Crippen LogP contribution < -0.4 is 0 Å². The van der Waals surface area contributed by atoms with E-state index in [1.807, 2.05) is 0 Å². The first-order chi connectivity index (χ1) is 32.5. The Morgan fingerprint density at radius 2 is 0.500 bits per heavy atom. The number of hydrogen-bond acceptors (Lipinski definition) is 6. The van der Waals surface area contributed by atoms with Gasteiger partial charge in [0.05, 0.1) is 0 Å². The van der Waals surface area contributed by atoms with Crippen molar-refractivity contribution in [3.05, 3.63) is 12.2 Å². The first kappa shape index (κ1) is 64.2. The zero-order chi connectivity index (χ0) is 47.9.